The fourth-order valence-electron chi connectivity index (χ4n) is 1.94. The highest BCUT2D eigenvalue weighted by Crippen LogP contribution is 2.36. The van der Waals surface area contributed by atoms with Crippen molar-refractivity contribution in [2.24, 2.45) is 0 Å². The van der Waals surface area contributed by atoms with Crippen LogP contribution in [-0.4, -0.2) is 36.3 Å². The molecule has 1 atom stereocenters. The topological polar surface area (TPSA) is 55.8 Å². The fourth-order valence-corrected chi connectivity index (χ4v) is 1.94. The molecule has 0 spiro atoms. The predicted molar refractivity (Wildman–Crippen MR) is 80.5 cm³/mol. The van der Waals surface area contributed by atoms with Gasteiger partial charge in [-0.1, -0.05) is 18.2 Å². The molecule has 1 aromatic rings. The molecule has 0 aliphatic rings. The molecule has 0 saturated carbocycles. The van der Waals surface area contributed by atoms with Crippen LogP contribution in [0.2, 0.25) is 0 Å². The summed E-state index contributed by atoms with van der Waals surface area (Å²) in [5.41, 5.74) is -2.63. The molecule has 134 valence electrons. The van der Waals surface area contributed by atoms with Crippen LogP contribution in [0, 0.1) is 0 Å². The summed E-state index contributed by atoms with van der Waals surface area (Å²) < 4.78 is 46.9. The van der Waals surface area contributed by atoms with E-state index in [2.05, 4.69) is 4.74 Å². The van der Waals surface area contributed by atoms with Crippen LogP contribution in [0.25, 0.3) is 0 Å². The molecule has 8 heteroatoms. The summed E-state index contributed by atoms with van der Waals surface area (Å²) in [7, 11) is 1.27. The number of hydrogen-bond donors (Lipinski definition) is 0. The molecule has 0 fully saturated rings. The Morgan fingerprint density at radius 2 is 1.67 bits per heavy atom. The zero-order valence-electron chi connectivity index (χ0n) is 14.1. The number of para-hydroxylation sites is 1. The first-order valence-corrected chi connectivity index (χ1v) is 7.08. The SMILES string of the molecule is CN(C(=O)OC(C)(C)C)C(C)(C=O)c1ccccc1OC(F)(F)F. The van der Waals surface area contributed by atoms with Crippen molar-refractivity contribution in [1.82, 2.24) is 4.90 Å². The Labute approximate surface area is 138 Å². The number of carbonyl (C=O) groups excluding carboxylic acids is 2. The molecule has 1 rings (SSSR count). The third-order valence-electron chi connectivity index (χ3n) is 3.25. The van der Waals surface area contributed by atoms with Gasteiger partial charge in [0.1, 0.15) is 23.2 Å². The third kappa shape index (κ3) is 4.87. The molecule has 0 aliphatic carbocycles. The van der Waals surface area contributed by atoms with Gasteiger partial charge in [0, 0.05) is 12.6 Å². The maximum absolute atomic E-state index is 12.6. The van der Waals surface area contributed by atoms with Gasteiger partial charge in [0.25, 0.3) is 0 Å². The summed E-state index contributed by atoms with van der Waals surface area (Å²) in [5.74, 6) is -0.560. The summed E-state index contributed by atoms with van der Waals surface area (Å²) >= 11 is 0. The monoisotopic (exact) mass is 347 g/mol. The molecule has 0 radical (unpaired) electrons. The Hall–Kier alpha value is -2.25. The number of rotatable bonds is 4. The minimum absolute atomic E-state index is 0.106. The Balaban J connectivity index is 3.29. The first kappa shape index (κ1) is 19.8. The number of carbonyl (C=O) groups is 2. The molecule has 0 bridgehead atoms. The third-order valence-corrected chi connectivity index (χ3v) is 3.25. The zero-order chi connectivity index (χ0) is 18.8. The molecule has 1 aromatic carbocycles. The number of ether oxygens (including phenoxy) is 2. The second-order valence-corrected chi connectivity index (χ2v) is 6.35. The highest BCUT2D eigenvalue weighted by molar-refractivity contribution is 5.78. The molecular weight excluding hydrogens is 327 g/mol. The second kappa shape index (κ2) is 6.70. The van der Waals surface area contributed by atoms with E-state index in [4.69, 9.17) is 4.74 Å². The maximum Gasteiger partial charge on any atom is 0.573 e. The molecule has 0 aliphatic heterocycles. The van der Waals surface area contributed by atoms with Crippen LogP contribution in [0.4, 0.5) is 18.0 Å². The van der Waals surface area contributed by atoms with Gasteiger partial charge >= 0.3 is 12.5 Å². The number of hydrogen-bond acceptors (Lipinski definition) is 4. The highest BCUT2D eigenvalue weighted by atomic mass is 19.4. The largest absolute Gasteiger partial charge is 0.573 e. The highest BCUT2D eigenvalue weighted by Gasteiger charge is 2.41. The van der Waals surface area contributed by atoms with E-state index in [-0.39, 0.29) is 5.56 Å². The molecule has 0 heterocycles. The molecule has 1 unspecified atom stereocenters. The van der Waals surface area contributed by atoms with Crippen molar-refractivity contribution in [3.63, 3.8) is 0 Å². The molecular formula is C16H20F3NO4. The number of halogens is 3. The minimum Gasteiger partial charge on any atom is -0.444 e. The molecule has 1 amide bonds. The van der Waals surface area contributed by atoms with Crippen molar-refractivity contribution in [3.8, 4) is 5.75 Å². The van der Waals surface area contributed by atoms with Gasteiger partial charge in [-0.25, -0.2) is 4.79 Å². The van der Waals surface area contributed by atoms with Crippen LogP contribution in [0.5, 0.6) is 5.75 Å². The smallest absolute Gasteiger partial charge is 0.444 e. The second-order valence-electron chi connectivity index (χ2n) is 6.35. The van der Waals surface area contributed by atoms with E-state index >= 15 is 0 Å². The fraction of sp³-hybridized carbons (Fsp3) is 0.500. The van der Waals surface area contributed by atoms with E-state index in [1.54, 1.807) is 20.8 Å². The van der Waals surface area contributed by atoms with Crippen molar-refractivity contribution in [1.29, 1.82) is 0 Å². The number of aldehydes is 1. The van der Waals surface area contributed by atoms with Gasteiger partial charge in [-0.3, -0.25) is 4.90 Å². The summed E-state index contributed by atoms with van der Waals surface area (Å²) in [6.07, 6.45) is -5.40. The van der Waals surface area contributed by atoms with Crippen LogP contribution in [0.1, 0.15) is 33.3 Å². The van der Waals surface area contributed by atoms with E-state index in [0.29, 0.717) is 6.29 Å². The predicted octanol–water partition coefficient (Wildman–Crippen LogP) is 3.87. The Kier molecular flexibility index (Phi) is 5.53. The van der Waals surface area contributed by atoms with Crippen molar-refractivity contribution < 1.29 is 32.2 Å². The number of alkyl halides is 3. The van der Waals surface area contributed by atoms with Gasteiger partial charge in [-0.05, 0) is 33.8 Å². The van der Waals surface area contributed by atoms with Crippen LogP contribution < -0.4 is 4.74 Å². The molecule has 0 saturated heterocycles. The average molecular weight is 347 g/mol. The quantitative estimate of drug-likeness (QED) is 0.776. The van der Waals surface area contributed by atoms with Crippen molar-refractivity contribution in [3.05, 3.63) is 29.8 Å². The van der Waals surface area contributed by atoms with E-state index in [0.717, 1.165) is 11.0 Å². The lowest BCUT2D eigenvalue weighted by atomic mass is 9.91. The van der Waals surface area contributed by atoms with Gasteiger partial charge in [0.15, 0.2) is 0 Å². The first-order chi connectivity index (χ1) is 10.8. The number of nitrogens with zero attached hydrogens (tertiary/aromatic N) is 1. The van der Waals surface area contributed by atoms with Gasteiger partial charge in [-0.2, -0.15) is 0 Å². The summed E-state index contributed by atoms with van der Waals surface area (Å²) in [6, 6.07) is 5.15. The van der Waals surface area contributed by atoms with Crippen LogP contribution in [-0.2, 0) is 15.1 Å². The molecule has 0 aromatic heterocycles. The zero-order valence-corrected chi connectivity index (χ0v) is 14.1. The van der Waals surface area contributed by atoms with Gasteiger partial charge < -0.3 is 14.3 Å². The Morgan fingerprint density at radius 1 is 1.12 bits per heavy atom. The lowest BCUT2D eigenvalue weighted by Gasteiger charge is -2.36. The first-order valence-electron chi connectivity index (χ1n) is 7.08. The van der Waals surface area contributed by atoms with Crippen LogP contribution >= 0.6 is 0 Å². The van der Waals surface area contributed by atoms with Gasteiger partial charge in [0.2, 0.25) is 0 Å². The standard InChI is InChI=1S/C16H20F3NO4/c1-14(2,3)24-13(22)20(5)15(4,10-21)11-8-6-7-9-12(11)23-16(17,18)19/h6-10H,1-5H3. The van der Waals surface area contributed by atoms with Crippen molar-refractivity contribution >= 4 is 12.4 Å². The van der Waals surface area contributed by atoms with E-state index in [9.17, 15) is 22.8 Å². The minimum atomic E-state index is -4.93. The molecule has 24 heavy (non-hydrogen) atoms. The van der Waals surface area contributed by atoms with Gasteiger partial charge in [0.05, 0.1) is 0 Å². The Bertz CT molecular complexity index is 610. The number of likely N-dealkylation sites (N-methyl/N-ethyl adjacent to an activating group) is 1. The molecule has 5 nitrogen and oxygen atoms in total. The molecule has 0 N–H and O–H groups in total. The average Bonchev–Trinajstić information content (AvgIpc) is 2.42. The summed E-state index contributed by atoms with van der Waals surface area (Å²) in [4.78, 5) is 24.8. The van der Waals surface area contributed by atoms with Crippen molar-refractivity contribution in [2.75, 3.05) is 7.05 Å². The summed E-state index contributed by atoms with van der Waals surface area (Å²) in [6.45, 7) is 6.22. The Morgan fingerprint density at radius 3 is 2.12 bits per heavy atom. The lowest BCUT2D eigenvalue weighted by molar-refractivity contribution is -0.275. The van der Waals surface area contributed by atoms with Crippen LogP contribution in [0.3, 0.4) is 0 Å². The van der Waals surface area contributed by atoms with E-state index in [1.807, 2.05) is 0 Å². The lowest BCUT2D eigenvalue weighted by Crippen LogP contribution is -2.48. The van der Waals surface area contributed by atoms with Crippen molar-refractivity contribution in [2.45, 2.75) is 45.2 Å². The number of benzene rings is 1. The maximum atomic E-state index is 12.6. The summed E-state index contributed by atoms with van der Waals surface area (Å²) in [5, 5.41) is 0. The normalized spacial score (nSPS) is 14.5. The number of amides is 1. The van der Waals surface area contributed by atoms with Gasteiger partial charge in [-0.15, -0.1) is 13.2 Å². The van der Waals surface area contributed by atoms with E-state index in [1.165, 1.54) is 32.2 Å². The van der Waals surface area contributed by atoms with Crippen LogP contribution in [0.15, 0.2) is 24.3 Å². The van der Waals surface area contributed by atoms with E-state index < -0.39 is 29.3 Å².